The third-order valence-electron chi connectivity index (χ3n) is 5.99. The van der Waals surface area contributed by atoms with Crippen molar-refractivity contribution in [1.29, 1.82) is 0 Å². The molecule has 0 heterocycles. The Kier molecular flexibility index (Phi) is 6.86. The highest BCUT2D eigenvalue weighted by atomic mass is 28.4. The van der Waals surface area contributed by atoms with Gasteiger partial charge in [-0.05, 0) is 69.5 Å². The second-order valence-corrected chi connectivity index (χ2v) is 19.7. The lowest BCUT2D eigenvalue weighted by atomic mass is 9.77. The van der Waals surface area contributed by atoms with Crippen LogP contribution in [0.1, 0.15) is 58.4 Å². The van der Waals surface area contributed by atoms with E-state index in [-0.39, 0.29) is 11.1 Å². The quantitative estimate of drug-likeness (QED) is 0.374. The van der Waals surface area contributed by atoms with Crippen molar-refractivity contribution in [2.45, 2.75) is 96.8 Å². The van der Waals surface area contributed by atoms with Gasteiger partial charge in [0, 0.05) is 11.5 Å². The maximum absolute atomic E-state index is 6.96. The molecule has 0 saturated heterocycles. The number of hydrogen-bond acceptors (Lipinski definition) is 2. The van der Waals surface area contributed by atoms with Gasteiger partial charge in [0.2, 0.25) is 8.32 Å². The topological polar surface area (TPSA) is 18.5 Å². The van der Waals surface area contributed by atoms with Crippen molar-refractivity contribution >= 4 is 16.6 Å². The number of rotatable bonds is 5. The average molecular weight is 405 g/mol. The number of hydrogen-bond donors (Lipinski definition) is 0. The molecule has 1 fully saturated rings. The van der Waals surface area contributed by atoms with Crippen LogP contribution in [0.25, 0.3) is 0 Å². The lowest BCUT2D eigenvalue weighted by molar-refractivity contribution is 0.169. The summed E-state index contributed by atoms with van der Waals surface area (Å²) in [7, 11) is -3.51. The van der Waals surface area contributed by atoms with Crippen LogP contribution < -0.4 is 0 Å². The van der Waals surface area contributed by atoms with E-state index in [0.29, 0.717) is 5.92 Å². The van der Waals surface area contributed by atoms with Crippen molar-refractivity contribution in [2.75, 3.05) is 0 Å². The molecule has 0 spiro atoms. The molecule has 0 bridgehead atoms. The zero-order valence-corrected chi connectivity index (χ0v) is 21.0. The SMILES string of the molecule is C/C(O[Si](C)(C)C)=C1\[C@@H](O[Si](C)(C)C(C)(C)C)CCC[C@@H]1c1ccccc1. The molecule has 1 aliphatic carbocycles. The Morgan fingerprint density at radius 2 is 1.56 bits per heavy atom. The molecule has 0 aromatic heterocycles. The van der Waals surface area contributed by atoms with E-state index in [1.54, 1.807) is 0 Å². The molecule has 2 atom stereocenters. The first-order valence-electron chi connectivity index (χ1n) is 10.4. The van der Waals surface area contributed by atoms with E-state index >= 15 is 0 Å². The largest absolute Gasteiger partial charge is 0.547 e. The fourth-order valence-electron chi connectivity index (χ4n) is 3.72. The van der Waals surface area contributed by atoms with Gasteiger partial charge in [-0.3, -0.25) is 0 Å². The molecule has 1 aliphatic rings. The van der Waals surface area contributed by atoms with Gasteiger partial charge >= 0.3 is 0 Å². The molecular weight excluding hydrogens is 364 g/mol. The van der Waals surface area contributed by atoms with Crippen molar-refractivity contribution in [2.24, 2.45) is 0 Å². The zero-order chi connectivity index (χ0) is 20.5. The highest BCUT2D eigenvalue weighted by molar-refractivity contribution is 6.74. The van der Waals surface area contributed by atoms with Crippen molar-refractivity contribution in [1.82, 2.24) is 0 Å². The summed E-state index contributed by atoms with van der Waals surface area (Å²) in [6.45, 7) is 20.7. The third kappa shape index (κ3) is 5.82. The molecule has 2 rings (SSSR count). The van der Waals surface area contributed by atoms with Gasteiger partial charge < -0.3 is 8.85 Å². The predicted molar refractivity (Wildman–Crippen MR) is 122 cm³/mol. The first-order valence-corrected chi connectivity index (χ1v) is 16.8. The van der Waals surface area contributed by atoms with Crippen LogP contribution in [0.2, 0.25) is 37.8 Å². The van der Waals surface area contributed by atoms with Crippen LogP contribution in [0.15, 0.2) is 41.7 Å². The Bertz CT molecular complexity index is 651. The van der Waals surface area contributed by atoms with E-state index in [0.717, 1.165) is 12.2 Å². The summed E-state index contributed by atoms with van der Waals surface area (Å²) in [4.78, 5) is 0. The average Bonchev–Trinajstić information content (AvgIpc) is 2.52. The molecule has 0 unspecified atom stereocenters. The van der Waals surface area contributed by atoms with Crippen LogP contribution in [0.4, 0.5) is 0 Å². The Morgan fingerprint density at radius 1 is 0.963 bits per heavy atom. The Labute approximate surface area is 169 Å². The van der Waals surface area contributed by atoms with Gasteiger partial charge in [0.1, 0.15) is 0 Å². The summed E-state index contributed by atoms with van der Waals surface area (Å²) in [5.74, 6) is 1.53. The van der Waals surface area contributed by atoms with Gasteiger partial charge in [0.05, 0.1) is 11.9 Å². The third-order valence-corrected chi connectivity index (χ3v) is 11.4. The van der Waals surface area contributed by atoms with Gasteiger partial charge in [0.25, 0.3) is 0 Å². The van der Waals surface area contributed by atoms with E-state index in [2.05, 4.69) is 90.8 Å². The first-order chi connectivity index (χ1) is 12.3. The minimum Gasteiger partial charge on any atom is -0.547 e. The van der Waals surface area contributed by atoms with E-state index in [1.807, 2.05) is 0 Å². The van der Waals surface area contributed by atoms with Crippen LogP contribution in [0, 0.1) is 0 Å². The molecule has 0 N–H and O–H groups in total. The van der Waals surface area contributed by atoms with E-state index in [1.165, 1.54) is 24.0 Å². The second kappa shape index (κ2) is 8.26. The van der Waals surface area contributed by atoms with Crippen LogP contribution in [0.5, 0.6) is 0 Å². The highest BCUT2D eigenvalue weighted by Gasteiger charge is 2.42. The number of allylic oxidation sites excluding steroid dienone is 1. The van der Waals surface area contributed by atoms with Crippen molar-refractivity contribution in [3.05, 3.63) is 47.2 Å². The fourth-order valence-corrected chi connectivity index (χ4v) is 6.07. The Hall–Kier alpha value is -0.846. The molecule has 1 aromatic rings. The smallest absolute Gasteiger partial charge is 0.241 e. The lowest BCUT2D eigenvalue weighted by Gasteiger charge is -2.43. The summed E-state index contributed by atoms with van der Waals surface area (Å²) >= 11 is 0. The van der Waals surface area contributed by atoms with Gasteiger partial charge in [-0.25, -0.2) is 0 Å². The van der Waals surface area contributed by atoms with Gasteiger partial charge in [-0.15, -0.1) is 0 Å². The Balaban J connectivity index is 2.46. The molecule has 0 aliphatic heterocycles. The van der Waals surface area contributed by atoms with E-state index < -0.39 is 16.6 Å². The minimum atomic E-state index is -1.85. The maximum Gasteiger partial charge on any atom is 0.241 e. The van der Waals surface area contributed by atoms with Crippen LogP contribution in [-0.4, -0.2) is 22.7 Å². The molecule has 2 nitrogen and oxygen atoms in total. The van der Waals surface area contributed by atoms with Gasteiger partial charge in [0.15, 0.2) is 8.32 Å². The van der Waals surface area contributed by atoms with E-state index in [9.17, 15) is 0 Å². The van der Waals surface area contributed by atoms with Crippen LogP contribution in [-0.2, 0) is 8.85 Å². The summed E-state index contributed by atoms with van der Waals surface area (Å²) in [6, 6.07) is 10.9. The fraction of sp³-hybridized carbons (Fsp3) is 0.652. The van der Waals surface area contributed by atoms with Crippen molar-refractivity contribution in [3.8, 4) is 0 Å². The Morgan fingerprint density at radius 3 is 2.07 bits per heavy atom. The molecule has 27 heavy (non-hydrogen) atoms. The molecular formula is C23H40O2Si2. The molecule has 0 radical (unpaired) electrons. The second-order valence-electron chi connectivity index (χ2n) is 10.5. The van der Waals surface area contributed by atoms with Crippen molar-refractivity contribution in [3.63, 3.8) is 0 Å². The maximum atomic E-state index is 6.96. The predicted octanol–water partition coefficient (Wildman–Crippen LogP) is 7.47. The molecule has 1 aromatic carbocycles. The van der Waals surface area contributed by atoms with Crippen LogP contribution in [0.3, 0.4) is 0 Å². The van der Waals surface area contributed by atoms with Gasteiger partial charge in [-0.1, -0.05) is 51.1 Å². The molecule has 0 amide bonds. The summed E-state index contributed by atoms with van der Waals surface area (Å²) < 4.78 is 13.5. The highest BCUT2D eigenvalue weighted by Crippen LogP contribution is 2.45. The first kappa shape index (κ1) is 22.4. The van der Waals surface area contributed by atoms with Crippen molar-refractivity contribution < 1.29 is 8.85 Å². The number of benzene rings is 1. The molecule has 4 heteroatoms. The minimum absolute atomic E-state index is 0.182. The molecule has 152 valence electrons. The summed E-state index contributed by atoms with van der Waals surface area (Å²) in [6.07, 6.45) is 3.68. The zero-order valence-electron chi connectivity index (χ0n) is 19.0. The van der Waals surface area contributed by atoms with E-state index in [4.69, 9.17) is 8.85 Å². The van der Waals surface area contributed by atoms with Gasteiger partial charge in [-0.2, -0.15) is 0 Å². The summed E-state index contributed by atoms with van der Waals surface area (Å²) in [5.41, 5.74) is 2.80. The normalized spacial score (nSPS) is 23.9. The monoisotopic (exact) mass is 404 g/mol. The van der Waals surface area contributed by atoms with Crippen LogP contribution >= 0.6 is 0 Å². The summed E-state index contributed by atoms with van der Waals surface area (Å²) in [5, 5.41) is 0.214. The molecule has 1 saturated carbocycles. The lowest BCUT2D eigenvalue weighted by Crippen LogP contribution is -2.46. The standard InChI is InChI=1S/C23H40O2Si2/c1-18(24-26(5,6)7)22-20(19-14-11-10-12-15-19)16-13-17-21(22)25-27(8,9)23(2,3)4/h10-12,14-15,20-21H,13,16-17H2,1-9H3/b22-18+/t20-,21+/m1/s1.